The first-order valence-electron chi connectivity index (χ1n) is 15.3. The molecule has 0 bridgehead atoms. The molecule has 0 aromatic rings. The van der Waals surface area contributed by atoms with E-state index in [-0.39, 0.29) is 38.0 Å². The molecule has 2 aliphatic rings. The minimum absolute atomic E-state index is 0. The van der Waals surface area contributed by atoms with E-state index in [0.717, 1.165) is 38.5 Å². The Bertz CT molecular complexity index is 653. The quantitative estimate of drug-likeness (QED) is 0.169. The van der Waals surface area contributed by atoms with Gasteiger partial charge in [0.15, 0.2) is 6.29 Å². The van der Waals surface area contributed by atoms with Crippen LogP contribution in [0.1, 0.15) is 99.8 Å². The maximum Gasteiger partial charge on any atom is 0.222 e. The number of likely N-dealkylation sites (tertiary alicyclic amines) is 1. The van der Waals surface area contributed by atoms with E-state index in [1.54, 1.807) is 18.9 Å². The monoisotopic (exact) mass is 594 g/mol. The van der Waals surface area contributed by atoms with Gasteiger partial charge in [0.25, 0.3) is 0 Å². The number of carbonyl (C=O) groups is 2. The average Bonchev–Trinajstić information content (AvgIpc) is 3.42. The van der Waals surface area contributed by atoms with Gasteiger partial charge in [-0.2, -0.15) is 0 Å². The highest BCUT2D eigenvalue weighted by molar-refractivity contribution is 5.77. The fourth-order valence-electron chi connectivity index (χ4n) is 4.74. The Morgan fingerprint density at radius 2 is 1.56 bits per heavy atom. The Hall–Kier alpha value is -1.34. The van der Waals surface area contributed by atoms with Crippen molar-refractivity contribution in [2.45, 2.75) is 137 Å². The van der Waals surface area contributed by atoms with Gasteiger partial charge >= 0.3 is 0 Å². The standard InChI is InChI=1S/C25H46N2O9.2C2H6.CH4/c1-17-23(32)24(33)20(16-29)36-25(17)35-12-8-4-5-9-21(30)26-11-7-3-6-10-22(31)27-14-19(34-2)13-18(27)15-28;2*1-2;/h17-20,23-25,28-29,32-33H,3-16H2,1-2H3,(H,26,30);2*1-2H3;1H4/t17?,18-,19+,20?,23+,24-,25+;;;/m0.../s1. The van der Waals surface area contributed by atoms with Crippen molar-refractivity contribution in [3.8, 4) is 0 Å². The third kappa shape index (κ3) is 15.1. The summed E-state index contributed by atoms with van der Waals surface area (Å²) in [7, 11) is 1.62. The first-order chi connectivity index (χ1) is 19.3. The van der Waals surface area contributed by atoms with E-state index in [9.17, 15) is 30.0 Å². The van der Waals surface area contributed by atoms with Gasteiger partial charge in [-0.05, 0) is 32.1 Å². The van der Waals surface area contributed by atoms with Gasteiger partial charge in [-0.15, -0.1) is 0 Å². The van der Waals surface area contributed by atoms with Crippen LogP contribution in [0.25, 0.3) is 0 Å². The van der Waals surface area contributed by atoms with Gasteiger partial charge in [0, 0.05) is 45.6 Å². The summed E-state index contributed by atoms with van der Waals surface area (Å²) in [5, 5.41) is 41.6. The maximum absolute atomic E-state index is 12.4. The lowest BCUT2D eigenvalue weighted by molar-refractivity contribution is -0.282. The lowest BCUT2D eigenvalue weighted by Gasteiger charge is -2.40. The number of nitrogens with one attached hydrogen (secondary N) is 1. The summed E-state index contributed by atoms with van der Waals surface area (Å²) in [6.07, 6.45) is 2.51. The first kappa shape index (κ1) is 41.8. The molecule has 2 fully saturated rings. The number of unbranched alkanes of at least 4 members (excludes halogenated alkanes) is 4. The summed E-state index contributed by atoms with van der Waals surface area (Å²) in [6, 6.07) is -0.155. The van der Waals surface area contributed by atoms with Crippen LogP contribution in [0.4, 0.5) is 0 Å². The minimum Gasteiger partial charge on any atom is -0.394 e. The third-order valence-electron chi connectivity index (χ3n) is 7.15. The first-order valence-corrected chi connectivity index (χ1v) is 15.3. The van der Waals surface area contributed by atoms with E-state index < -0.39 is 37.1 Å². The SMILES string of the molecule is C.CC.CC.CO[C@@H]1C[C@@H](CO)N(C(=O)CCCCCNC(=O)CCCCCO[C@@H]2OC(CO)[C@H](O)[C@H](O)C2C)C1. The summed E-state index contributed by atoms with van der Waals surface area (Å²) >= 11 is 0. The topological polar surface area (TPSA) is 158 Å². The van der Waals surface area contributed by atoms with E-state index in [4.69, 9.17) is 14.2 Å². The largest absolute Gasteiger partial charge is 0.394 e. The van der Waals surface area contributed by atoms with E-state index in [0.29, 0.717) is 39.0 Å². The van der Waals surface area contributed by atoms with Crippen molar-refractivity contribution in [2.24, 2.45) is 5.92 Å². The van der Waals surface area contributed by atoms with Gasteiger partial charge in [-0.25, -0.2) is 0 Å². The second-order valence-corrected chi connectivity index (χ2v) is 9.88. The number of aliphatic hydroxyl groups excluding tert-OH is 4. The van der Waals surface area contributed by atoms with Crippen molar-refractivity contribution in [1.29, 1.82) is 0 Å². The summed E-state index contributed by atoms with van der Waals surface area (Å²) in [5.74, 6) is -0.354. The maximum atomic E-state index is 12.4. The number of nitrogens with zero attached hydrogens (tertiary/aromatic N) is 1. The number of hydrogen-bond donors (Lipinski definition) is 5. The number of rotatable bonds is 16. The third-order valence-corrected chi connectivity index (χ3v) is 7.15. The van der Waals surface area contributed by atoms with Gasteiger partial charge in [0.2, 0.25) is 11.8 Å². The van der Waals surface area contributed by atoms with Gasteiger partial charge in [0.05, 0.1) is 31.5 Å². The molecule has 7 atom stereocenters. The summed E-state index contributed by atoms with van der Waals surface area (Å²) in [5.41, 5.74) is 0. The molecule has 0 aromatic heterocycles. The van der Waals surface area contributed by atoms with Gasteiger partial charge < -0.3 is 44.9 Å². The fourth-order valence-corrected chi connectivity index (χ4v) is 4.74. The molecule has 2 heterocycles. The second kappa shape index (κ2) is 25.2. The van der Waals surface area contributed by atoms with Crippen molar-refractivity contribution < 1.29 is 44.2 Å². The van der Waals surface area contributed by atoms with Crippen LogP contribution in [0.3, 0.4) is 0 Å². The van der Waals surface area contributed by atoms with Crippen molar-refractivity contribution in [2.75, 3.05) is 40.0 Å². The Kier molecular flexibility index (Phi) is 25.7. The fraction of sp³-hybridized carbons (Fsp3) is 0.933. The lowest BCUT2D eigenvalue weighted by atomic mass is 9.92. The second-order valence-electron chi connectivity index (χ2n) is 9.88. The number of amides is 2. The Balaban J connectivity index is 0. The van der Waals surface area contributed by atoms with Crippen LogP contribution in [0.5, 0.6) is 0 Å². The van der Waals surface area contributed by atoms with Gasteiger partial charge in [0.1, 0.15) is 12.2 Å². The highest BCUT2D eigenvalue weighted by Gasteiger charge is 2.42. The molecule has 246 valence electrons. The van der Waals surface area contributed by atoms with Crippen LogP contribution in [0.2, 0.25) is 0 Å². The normalized spacial score (nSPS) is 27.1. The molecule has 0 aliphatic carbocycles. The zero-order chi connectivity index (χ0) is 30.5. The molecular weight excluding hydrogens is 532 g/mol. The number of methoxy groups -OCH3 is 1. The molecule has 2 rings (SSSR count). The van der Waals surface area contributed by atoms with Crippen LogP contribution >= 0.6 is 0 Å². The molecule has 0 spiro atoms. The summed E-state index contributed by atoms with van der Waals surface area (Å²) in [4.78, 5) is 26.2. The average molecular weight is 595 g/mol. The highest BCUT2D eigenvalue weighted by atomic mass is 16.7. The molecule has 2 aliphatic heterocycles. The molecule has 5 N–H and O–H groups in total. The Morgan fingerprint density at radius 1 is 0.927 bits per heavy atom. The molecule has 0 saturated carbocycles. The number of carbonyl (C=O) groups excluding carboxylic acids is 2. The number of ether oxygens (including phenoxy) is 3. The van der Waals surface area contributed by atoms with E-state index in [1.165, 1.54) is 0 Å². The van der Waals surface area contributed by atoms with Gasteiger partial charge in [-0.3, -0.25) is 9.59 Å². The zero-order valence-electron chi connectivity index (χ0n) is 25.7. The molecule has 2 unspecified atom stereocenters. The van der Waals surface area contributed by atoms with Gasteiger partial charge in [-0.1, -0.05) is 54.9 Å². The smallest absolute Gasteiger partial charge is 0.222 e. The number of aliphatic hydroxyl groups is 4. The van der Waals surface area contributed by atoms with Crippen molar-refractivity contribution >= 4 is 11.8 Å². The summed E-state index contributed by atoms with van der Waals surface area (Å²) in [6.45, 7) is 10.8. The minimum atomic E-state index is -1.13. The van der Waals surface area contributed by atoms with Crippen LogP contribution in [0.15, 0.2) is 0 Å². The molecule has 11 nitrogen and oxygen atoms in total. The molecule has 0 radical (unpaired) electrons. The molecular formula is C30H62N2O9. The number of hydrogen-bond acceptors (Lipinski definition) is 9. The zero-order valence-corrected chi connectivity index (χ0v) is 25.7. The predicted molar refractivity (Wildman–Crippen MR) is 160 cm³/mol. The summed E-state index contributed by atoms with van der Waals surface area (Å²) < 4.78 is 16.5. The van der Waals surface area contributed by atoms with Crippen molar-refractivity contribution in [3.05, 3.63) is 0 Å². The van der Waals surface area contributed by atoms with Crippen LogP contribution < -0.4 is 5.32 Å². The van der Waals surface area contributed by atoms with Crippen molar-refractivity contribution in [3.63, 3.8) is 0 Å². The molecule has 41 heavy (non-hydrogen) atoms. The molecule has 2 saturated heterocycles. The van der Waals surface area contributed by atoms with Crippen LogP contribution in [-0.2, 0) is 23.8 Å². The molecule has 11 heteroatoms. The van der Waals surface area contributed by atoms with Crippen molar-refractivity contribution in [1.82, 2.24) is 10.2 Å². The highest BCUT2D eigenvalue weighted by Crippen LogP contribution is 2.27. The lowest BCUT2D eigenvalue weighted by Crippen LogP contribution is -2.55. The predicted octanol–water partition coefficient (Wildman–Crippen LogP) is 2.61. The Labute approximate surface area is 248 Å². The van der Waals surface area contributed by atoms with E-state index in [1.807, 2.05) is 27.7 Å². The Morgan fingerprint density at radius 3 is 2.17 bits per heavy atom. The molecule has 2 amide bonds. The van der Waals surface area contributed by atoms with Crippen LogP contribution in [0, 0.1) is 5.92 Å². The van der Waals surface area contributed by atoms with Crippen LogP contribution in [-0.4, -0.2) is 114 Å². The molecule has 0 aromatic carbocycles. The van der Waals surface area contributed by atoms with E-state index in [2.05, 4.69) is 5.32 Å². The van der Waals surface area contributed by atoms with E-state index >= 15 is 0 Å².